The second-order valence-electron chi connectivity index (χ2n) is 5.53. The number of pyridine rings is 1. The van der Waals surface area contributed by atoms with Crippen molar-refractivity contribution in [1.82, 2.24) is 15.4 Å². The van der Waals surface area contributed by atoms with Crippen LogP contribution in [0.15, 0.2) is 42.5 Å². The molecule has 3 aromatic rings. The lowest BCUT2D eigenvalue weighted by atomic mass is 10.0. The summed E-state index contributed by atoms with van der Waals surface area (Å²) in [5.41, 5.74) is 6.60. The van der Waals surface area contributed by atoms with E-state index in [1.165, 1.54) is 5.56 Å². The van der Waals surface area contributed by atoms with Gasteiger partial charge in [-0.3, -0.25) is 10.0 Å². The number of carbonyl (C=O) groups is 1. The van der Waals surface area contributed by atoms with Gasteiger partial charge in [0.25, 0.3) is 5.91 Å². The third-order valence-corrected chi connectivity index (χ3v) is 3.70. The van der Waals surface area contributed by atoms with Crippen LogP contribution in [0.2, 0.25) is 0 Å². The van der Waals surface area contributed by atoms with Crippen LogP contribution in [0, 0.1) is 0 Å². The predicted octanol–water partition coefficient (Wildman–Crippen LogP) is 3.47. The summed E-state index contributed by atoms with van der Waals surface area (Å²) < 4.78 is 0. The summed E-state index contributed by atoms with van der Waals surface area (Å²) in [6.45, 7) is 4.32. The number of hydrogen-bond acceptors (Lipinski definition) is 3. The Morgan fingerprint density at radius 1 is 1.18 bits per heavy atom. The SMILES string of the molecule is CC(C)c1ccc(-c2cc3nc(C(=O)NO)ccc3[nH]2)cc1. The van der Waals surface area contributed by atoms with Gasteiger partial charge < -0.3 is 4.98 Å². The van der Waals surface area contributed by atoms with Crippen molar-refractivity contribution in [3.63, 3.8) is 0 Å². The van der Waals surface area contributed by atoms with E-state index < -0.39 is 5.91 Å². The highest BCUT2D eigenvalue weighted by molar-refractivity contribution is 5.94. The van der Waals surface area contributed by atoms with Gasteiger partial charge in [-0.2, -0.15) is 0 Å². The van der Waals surface area contributed by atoms with E-state index in [4.69, 9.17) is 5.21 Å². The molecule has 0 spiro atoms. The van der Waals surface area contributed by atoms with Crippen molar-refractivity contribution in [3.05, 3.63) is 53.7 Å². The highest BCUT2D eigenvalue weighted by atomic mass is 16.5. The van der Waals surface area contributed by atoms with E-state index in [1.807, 2.05) is 6.07 Å². The van der Waals surface area contributed by atoms with Crippen molar-refractivity contribution in [2.24, 2.45) is 0 Å². The molecule has 112 valence electrons. The van der Waals surface area contributed by atoms with Gasteiger partial charge in [-0.25, -0.2) is 10.5 Å². The fourth-order valence-electron chi connectivity index (χ4n) is 2.40. The van der Waals surface area contributed by atoms with E-state index in [-0.39, 0.29) is 5.69 Å². The van der Waals surface area contributed by atoms with Gasteiger partial charge in [0.1, 0.15) is 5.69 Å². The fourth-order valence-corrected chi connectivity index (χ4v) is 2.40. The molecule has 3 N–H and O–H groups in total. The molecule has 3 rings (SSSR count). The van der Waals surface area contributed by atoms with Crippen molar-refractivity contribution in [1.29, 1.82) is 0 Å². The summed E-state index contributed by atoms with van der Waals surface area (Å²) in [6, 6.07) is 13.6. The van der Waals surface area contributed by atoms with Gasteiger partial charge in [-0.05, 0) is 35.2 Å². The number of rotatable bonds is 3. The average Bonchev–Trinajstić information content (AvgIpc) is 2.97. The number of nitrogens with one attached hydrogen (secondary N) is 2. The Bertz CT molecular complexity index is 820. The number of aromatic nitrogens is 2. The van der Waals surface area contributed by atoms with Crippen LogP contribution in [-0.2, 0) is 0 Å². The van der Waals surface area contributed by atoms with Crippen LogP contribution in [0.1, 0.15) is 35.8 Å². The Balaban J connectivity index is 1.99. The smallest absolute Gasteiger partial charge is 0.293 e. The van der Waals surface area contributed by atoms with Crippen LogP contribution < -0.4 is 5.48 Å². The Kier molecular flexibility index (Phi) is 3.65. The van der Waals surface area contributed by atoms with E-state index >= 15 is 0 Å². The van der Waals surface area contributed by atoms with E-state index in [0.29, 0.717) is 11.4 Å². The summed E-state index contributed by atoms with van der Waals surface area (Å²) >= 11 is 0. The van der Waals surface area contributed by atoms with E-state index in [9.17, 15) is 4.79 Å². The number of fused-ring (bicyclic) bond motifs is 1. The van der Waals surface area contributed by atoms with Crippen LogP contribution in [0.25, 0.3) is 22.3 Å². The first-order valence-electron chi connectivity index (χ1n) is 7.13. The van der Waals surface area contributed by atoms with Crippen molar-refractivity contribution in [2.75, 3.05) is 0 Å². The molecule has 5 heteroatoms. The molecule has 2 aromatic heterocycles. The quantitative estimate of drug-likeness (QED) is 0.511. The maximum Gasteiger partial charge on any atom is 0.293 e. The maximum absolute atomic E-state index is 11.4. The van der Waals surface area contributed by atoms with Gasteiger partial charge in [0.05, 0.1) is 11.0 Å². The lowest BCUT2D eigenvalue weighted by molar-refractivity contribution is 0.0701. The molecule has 5 nitrogen and oxygen atoms in total. The largest absolute Gasteiger partial charge is 0.353 e. The number of amides is 1. The molecule has 0 aliphatic carbocycles. The van der Waals surface area contributed by atoms with Crippen LogP contribution in [0.3, 0.4) is 0 Å². The molecule has 0 saturated carbocycles. The molecule has 0 saturated heterocycles. The molecule has 1 aromatic carbocycles. The zero-order valence-electron chi connectivity index (χ0n) is 12.4. The fraction of sp³-hybridized carbons (Fsp3) is 0.176. The summed E-state index contributed by atoms with van der Waals surface area (Å²) in [7, 11) is 0. The second-order valence-corrected chi connectivity index (χ2v) is 5.53. The van der Waals surface area contributed by atoms with E-state index in [0.717, 1.165) is 16.8 Å². The third-order valence-electron chi connectivity index (χ3n) is 3.70. The number of nitrogens with zero attached hydrogens (tertiary/aromatic N) is 1. The van der Waals surface area contributed by atoms with Crippen molar-refractivity contribution in [2.45, 2.75) is 19.8 Å². The van der Waals surface area contributed by atoms with Gasteiger partial charge in [0.15, 0.2) is 0 Å². The minimum atomic E-state index is -0.620. The summed E-state index contributed by atoms with van der Waals surface area (Å²) in [4.78, 5) is 18.9. The average molecular weight is 295 g/mol. The third kappa shape index (κ3) is 2.58. The van der Waals surface area contributed by atoms with Crippen LogP contribution in [0.5, 0.6) is 0 Å². The van der Waals surface area contributed by atoms with Crippen molar-refractivity contribution >= 4 is 16.9 Å². The minimum Gasteiger partial charge on any atom is -0.353 e. The molecule has 0 radical (unpaired) electrons. The topological polar surface area (TPSA) is 78.0 Å². The van der Waals surface area contributed by atoms with Gasteiger partial charge >= 0.3 is 0 Å². The summed E-state index contributed by atoms with van der Waals surface area (Å²) in [6.07, 6.45) is 0. The maximum atomic E-state index is 11.4. The monoisotopic (exact) mass is 295 g/mol. The molecule has 0 aliphatic heterocycles. The van der Waals surface area contributed by atoms with Gasteiger partial charge in [0, 0.05) is 5.69 Å². The van der Waals surface area contributed by atoms with Gasteiger partial charge in [-0.15, -0.1) is 0 Å². The molecule has 0 unspecified atom stereocenters. The number of hydroxylamine groups is 1. The molecule has 1 amide bonds. The molecule has 0 fully saturated rings. The summed E-state index contributed by atoms with van der Waals surface area (Å²) in [5, 5.41) is 8.67. The van der Waals surface area contributed by atoms with Crippen molar-refractivity contribution in [3.8, 4) is 11.3 Å². The first-order valence-corrected chi connectivity index (χ1v) is 7.13. The lowest BCUT2D eigenvalue weighted by Gasteiger charge is -2.05. The second kappa shape index (κ2) is 5.61. The Labute approximate surface area is 128 Å². The Morgan fingerprint density at radius 3 is 2.55 bits per heavy atom. The Morgan fingerprint density at radius 2 is 1.91 bits per heavy atom. The van der Waals surface area contributed by atoms with E-state index in [2.05, 4.69) is 48.1 Å². The highest BCUT2D eigenvalue weighted by Gasteiger charge is 2.10. The number of carbonyl (C=O) groups excluding carboxylic acids is 1. The lowest BCUT2D eigenvalue weighted by Crippen LogP contribution is -2.19. The van der Waals surface area contributed by atoms with Crippen molar-refractivity contribution < 1.29 is 10.0 Å². The minimum absolute atomic E-state index is 0.177. The normalized spacial score (nSPS) is 11.1. The highest BCUT2D eigenvalue weighted by Crippen LogP contribution is 2.25. The number of benzene rings is 1. The number of aromatic amines is 1. The van der Waals surface area contributed by atoms with Crippen LogP contribution >= 0.6 is 0 Å². The zero-order valence-corrected chi connectivity index (χ0v) is 12.4. The molecular weight excluding hydrogens is 278 g/mol. The van der Waals surface area contributed by atoms with Gasteiger partial charge in [0.2, 0.25) is 0 Å². The van der Waals surface area contributed by atoms with Crippen LogP contribution in [-0.4, -0.2) is 21.1 Å². The van der Waals surface area contributed by atoms with Crippen LogP contribution in [0.4, 0.5) is 0 Å². The molecular formula is C17H17N3O2. The molecule has 2 heterocycles. The molecule has 0 bridgehead atoms. The van der Waals surface area contributed by atoms with Gasteiger partial charge in [-0.1, -0.05) is 38.1 Å². The first kappa shape index (κ1) is 14.3. The first-order chi connectivity index (χ1) is 10.6. The standard InChI is InChI=1S/C17H17N3O2/c1-10(2)11-3-5-12(6-4-11)15-9-16-13(18-15)7-8-14(19-16)17(21)20-22/h3-10,18,22H,1-2H3,(H,20,21). The molecule has 0 atom stereocenters. The predicted molar refractivity (Wildman–Crippen MR) is 84.9 cm³/mol. The molecule has 0 aliphatic rings. The molecule has 22 heavy (non-hydrogen) atoms. The van der Waals surface area contributed by atoms with E-state index in [1.54, 1.807) is 17.6 Å². The summed E-state index contributed by atoms with van der Waals surface area (Å²) in [5.74, 6) is -0.121. The zero-order chi connectivity index (χ0) is 15.7. The Hall–Kier alpha value is -2.66. The number of H-pyrrole nitrogens is 1. The number of hydrogen-bond donors (Lipinski definition) is 3.